The van der Waals surface area contributed by atoms with Crippen LogP contribution in [0.4, 0.5) is 9.52 Å². The lowest BCUT2D eigenvalue weighted by Gasteiger charge is -2.32. The quantitative estimate of drug-likeness (QED) is 0.723. The lowest BCUT2D eigenvalue weighted by atomic mass is 10.1. The van der Waals surface area contributed by atoms with E-state index in [0.29, 0.717) is 11.2 Å². The van der Waals surface area contributed by atoms with Crippen LogP contribution in [0.2, 0.25) is 0 Å². The van der Waals surface area contributed by atoms with Crippen molar-refractivity contribution < 1.29 is 13.9 Å². The molecule has 0 radical (unpaired) electrons. The topological polar surface area (TPSA) is 54.5 Å². The first-order valence-electron chi connectivity index (χ1n) is 9.79. The van der Waals surface area contributed by atoms with Gasteiger partial charge >= 0.3 is 0 Å². The van der Waals surface area contributed by atoms with Crippen molar-refractivity contribution in [1.82, 2.24) is 9.88 Å². The largest absolute Gasteiger partial charge is 0.379 e. The fourth-order valence-corrected chi connectivity index (χ4v) is 5.42. The Bertz CT molecular complexity index is 1030. The molecule has 0 bridgehead atoms. The van der Waals surface area contributed by atoms with Crippen LogP contribution in [0.3, 0.4) is 0 Å². The highest BCUT2D eigenvalue weighted by Crippen LogP contribution is 2.35. The lowest BCUT2D eigenvalue weighted by molar-refractivity contribution is -0.119. The number of rotatable bonds is 3. The van der Waals surface area contributed by atoms with Crippen LogP contribution in [0.1, 0.15) is 19.3 Å². The molecule has 1 N–H and O–H groups in total. The van der Waals surface area contributed by atoms with Gasteiger partial charge in [0.05, 0.1) is 23.4 Å². The maximum Gasteiger partial charge on any atom is 0.229 e. The lowest BCUT2D eigenvalue weighted by Crippen LogP contribution is -2.42. The number of halogens is 1. The molecule has 2 aliphatic rings. The number of benzene rings is 2. The molecular weight excluding hydrogens is 377 g/mol. The Kier molecular flexibility index (Phi) is 4.74. The number of hydrogen-bond donors (Lipinski definition) is 1. The molecule has 1 aromatic heterocycles. The fourth-order valence-electron chi connectivity index (χ4n) is 4.42. The van der Waals surface area contributed by atoms with Gasteiger partial charge in [0, 0.05) is 30.4 Å². The molecule has 7 heteroatoms. The van der Waals surface area contributed by atoms with Crippen molar-refractivity contribution in [3.63, 3.8) is 0 Å². The summed E-state index contributed by atoms with van der Waals surface area (Å²) >= 11 is 1.46. The van der Waals surface area contributed by atoms with E-state index < -0.39 is 0 Å². The van der Waals surface area contributed by atoms with Gasteiger partial charge in [0.15, 0.2) is 5.13 Å². The summed E-state index contributed by atoms with van der Waals surface area (Å²) in [6.45, 7) is 3.50. The molecule has 2 fully saturated rings. The van der Waals surface area contributed by atoms with Crippen LogP contribution >= 0.6 is 11.3 Å². The summed E-state index contributed by atoms with van der Waals surface area (Å²) in [5.74, 6) is -0.156. The van der Waals surface area contributed by atoms with Crippen molar-refractivity contribution >= 4 is 43.4 Å². The number of nitrogens with one attached hydrogen (secondary N) is 1. The van der Waals surface area contributed by atoms with Gasteiger partial charge in [0.1, 0.15) is 5.82 Å². The summed E-state index contributed by atoms with van der Waals surface area (Å²) in [7, 11) is 0. The third kappa shape index (κ3) is 3.38. The van der Waals surface area contributed by atoms with Crippen LogP contribution in [0, 0.1) is 11.7 Å². The summed E-state index contributed by atoms with van der Waals surface area (Å²) in [4.78, 5) is 19.8. The number of thiazole rings is 1. The van der Waals surface area contributed by atoms with Crippen LogP contribution in [0.25, 0.3) is 21.0 Å². The number of morpholine rings is 1. The van der Waals surface area contributed by atoms with E-state index in [1.165, 1.54) is 23.5 Å². The maximum atomic E-state index is 13.5. The molecular formula is C21H22FN3O2S. The molecule has 2 atom stereocenters. The number of hydrogen-bond acceptors (Lipinski definition) is 5. The van der Waals surface area contributed by atoms with E-state index >= 15 is 0 Å². The van der Waals surface area contributed by atoms with Gasteiger partial charge < -0.3 is 10.1 Å². The summed E-state index contributed by atoms with van der Waals surface area (Å²) in [5, 5.41) is 5.45. The smallest absolute Gasteiger partial charge is 0.229 e. The number of fused-ring (bicyclic) bond motifs is 3. The molecule has 5 rings (SSSR count). The maximum absolute atomic E-state index is 13.5. The molecule has 0 unspecified atom stereocenters. The summed E-state index contributed by atoms with van der Waals surface area (Å²) in [6, 6.07) is 9.00. The minimum Gasteiger partial charge on any atom is -0.379 e. The first-order valence-corrected chi connectivity index (χ1v) is 10.6. The molecule has 28 heavy (non-hydrogen) atoms. The van der Waals surface area contributed by atoms with Crippen LogP contribution in [-0.2, 0) is 9.53 Å². The van der Waals surface area contributed by atoms with Crippen molar-refractivity contribution in [3.8, 4) is 0 Å². The van der Waals surface area contributed by atoms with Gasteiger partial charge in [-0.15, -0.1) is 0 Å². The Morgan fingerprint density at radius 2 is 2.07 bits per heavy atom. The number of carbonyl (C=O) groups is 1. The number of amides is 1. The Balaban J connectivity index is 1.31. The van der Waals surface area contributed by atoms with Crippen LogP contribution in [0.15, 0.2) is 30.3 Å². The molecule has 2 heterocycles. The molecule has 1 aliphatic carbocycles. The molecule has 1 amide bonds. The van der Waals surface area contributed by atoms with E-state index in [9.17, 15) is 9.18 Å². The third-order valence-corrected chi connectivity index (χ3v) is 6.92. The second-order valence-corrected chi connectivity index (χ2v) is 8.60. The zero-order valence-electron chi connectivity index (χ0n) is 15.5. The molecule has 3 aromatic rings. The van der Waals surface area contributed by atoms with E-state index in [0.717, 1.165) is 66.6 Å². The zero-order chi connectivity index (χ0) is 19.1. The van der Waals surface area contributed by atoms with E-state index in [1.807, 2.05) is 12.1 Å². The number of ether oxygens (including phenoxy) is 1. The predicted molar refractivity (Wildman–Crippen MR) is 109 cm³/mol. The molecule has 5 nitrogen and oxygen atoms in total. The standard InChI is InChI=1S/C21H22FN3O2S/c22-15-3-5-17-13(11-15)2-6-18-19(17)28-21(23-18)24-20(26)14-1-4-16(12-14)25-7-9-27-10-8-25/h2-3,5-6,11,14,16H,1,4,7-10,12H2,(H,23,24,26)/t14-,16+/m0/s1. The summed E-state index contributed by atoms with van der Waals surface area (Å²) < 4.78 is 19.9. The summed E-state index contributed by atoms with van der Waals surface area (Å²) in [5.41, 5.74) is 0.831. The van der Waals surface area contributed by atoms with Crippen molar-refractivity contribution in [2.24, 2.45) is 5.92 Å². The van der Waals surface area contributed by atoms with Crippen LogP contribution in [0.5, 0.6) is 0 Å². The minimum absolute atomic E-state index is 0.0331. The van der Waals surface area contributed by atoms with Gasteiger partial charge in [-0.3, -0.25) is 9.69 Å². The number of anilines is 1. The zero-order valence-corrected chi connectivity index (χ0v) is 16.3. The van der Waals surface area contributed by atoms with Gasteiger partial charge in [-0.1, -0.05) is 17.4 Å². The van der Waals surface area contributed by atoms with Crippen LogP contribution in [-0.4, -0.2) is 48.1 Å². The first-order chi connectivity index (χ1) is 13.7. The minimum atomic E-state index is -0.249. The number of aromatic nitrogens is 1. The predicted octanol–water partition coefficient (Wildman–Crippen LogP) is 4.03. The van der Waals surface area contributed by atoms with Gasteiger partial charge in [-0.2, -0.15) is 0 Å². The molecule has 0 spiro atoms. The van der Waals surface area contributed by atoms with E-state index in [1.54, 1.807) is 6.07 Å². The Hall–Kier alpha value is -2.09. The molecule has 1 saturated heterocycles. The highest BCUT2D eigenvalue weighted by Gasteiger charge is 2.34. The van der Waals surface area contributed by atoms with Gasteiger partial charge in [-0.05, 0) is 48.9 Å². The molecule has 1 saturated carbocycles. The SMILES string of the molecule is O=C(Nc1nc2ccc3cc(F)ccc3c2s1)[C@H]1CC[C@@H](N2CCOCC2)C1. The third-order valence-electron chi connectivity index (χ3n) is 5.90. The second kappa shape index (κ2) is 7.39. The average molecular weight is 399 g/mol. The van der Waals surface area contributed by atoms with Crippen molar-refractivity contribution in [2.75, 3.05) is 31.6 Å². The monoisotopic (exact) mass is 399 g/mol. The normalized spacial score (nSPS) is 23.5. The highest BCUT2D eigenvalue weighted by atomic mass is 32.1. The van der Waals surface area contributed by atoms with E-state index in [2.05, 4.69) is 15.2 Å². The first kappa shape index (κ1) is 18.0. The summed E-state index contributed by atoms with van der Waals surface area (Å²) in [6.07, 6.45) is 2.88. The molecule has 2 aromatic carbocycles. The average Bonchev–Trinajstić information content (AvgIpc) is 3.35. The van der Waals surface area contributed by atoms with Gasteiger partial charge in [-0.25, -0.2) is 9.37 Å². The Labute approximate surface area is 166 Å². The van der Waals surface area contributed by atoms with Crippen molar-refractivity contribution in [2.45, 2.75) is 25.3 Å². The van der Waals surface area contributed by atoms with E-state index in [-0.39, 0.29) is 17.6 Å². The Morgan fingerprint density at radius 3 is 2.93 bits per heavy atom. The molecule has 1 aliphatic heterocycles. The van der Waals surface area contributed by atoms with Crippen LogP contribution < -0.4 is 5.32 Å². The molecule has 146 valence electrons. The van der Waals surface area contributed by atoms with Gasteiger partial charge in [0.2, 0.25) is 5.91 Å². The number of nitrogens with zero attached hydrogens (tertiary/aromatic N) is 2. The highest BCUT2D eigenvalue weighted by molar-refractivity contribution is 7.23. The fraction of sp³-hybridized carbons (Fsp3) is 0.429. The van der Waals surface area contributed by atoms with Gasteiger partial charge in [0.25, 0.3) is 0 Å². The number of carbonyl (C=O) groups excluding carboxylic acids is 1. The van der Waals surface area contributed by atoms with Crippen molar-refractivity contribution in [1.29, 1.82) is 0 Å². The Morgan fingerprint density at radius 1 is 1.21 bits per heavy atom. The van der Waals surface area contributed by atoms with Crippen molar-refractivity contribution in [3.05, 3.63) is 36.1 Å². The second-order valence-electron chi connectivity index (χ2n) is 7.60. The van der Waals surface area contributed by atoms with E-state index in [4.69, 9.17) is 4.74 Å².